The minimum atomic E-state index is 0.686. The summed E-state index contributed by atoms with van der Waals surface area (Å²) >= 11 is 0. The monoisotopic (exact) mass is 344 g/mol. The molecule has 0 aliphatic carbocycles. The van der Waals surface area contributed by atoms with Crippen molar-refractivity contribution < 1.29 is 9.47 Å². The topological polar surface area (TPSA) is 47.1 Å². The van der Waals surface area contributed by atoms with Gasteiger partial charge in [0, 0.05) is 16.8 Å². The van der Waals surface area contributed by atoms with Gasteiger partial charge in [-0.1, -0.05) is 36.4 Å². The molecule has 1 heterocycles. The van der Waals surface area contributed by atoms with Crippen molar-refractivity contribution in [3.8, 4) is 34.1 Å². The third-order valence-electron chi connectivity index (χ3n) is 4.56. The number of ether oxygens (including phenoxy) is 2. The molecule has 4 heteroatoms. The number of fused-ring (bicyclic) bond motifs is 1. The maximum absolute atomic E-state index is 5.40. The number of imidazole rings is 1. The molecular formula is C22H20N2O2. The number of nitrogens with zero attached hydrogens (tertiary/aromatic N) is 1. The first-order chi connectivity index (χ1) is 12.7. The van der Waals surface area contributed by atoms with E-state index >= 15 is 0 Å². The van der Waals surface area contributed by atoms with Gasteiger partial charge in [-0.3, -0.25) is 0 Å². The number of benzene rings is 3. The van der Waals surface area contributed by atoms with Crippen molar-refractivity contribution in [2.75, 3.05) is 14.2 Å². The lowest BCUT2D eigenvalue weighted by Crippen LogP contribution is -1.91. The highest BCUT2D eigenvalue weighted by atomic mass is 16.5. The Kier molecular flexibility index (Phi) is 4.09. The summed E-state index contributed by atoms with van der Waals surface area (Å²) in [7, 11) is 3.27. The molecule has 4 aromatic rings. The first-order valence-electron chi connectivity index (χ1n) is 8.48. The predicted molar refractivity (Wildman–Crippen MR) is 105 cm³/mol. The van der Waals surface area contributed by atoms with Crippen LogP contribution in [0.2, 0.25) is 0 Å². The minimum Gasteiger partial charge on any atom is -0.493 e. The lowest BCUT2D eigenvalue weighted by molar-refractivity contribution is 0.355. The van der Waals surface area contributed by atoms with Crippen LogP contribution >= 0.6 is 0 Å². The highest BCUT2D eigenvalue weighted by Crippen LogP contribution is 2.33. The van der Waals surface area contributed by atoms with E-state index in [9.17, 15) is 0 Å². The molecule has 3 aromatic carbocycles. The van der Waals surface area contributed by atoms with Gasteiger partial charge in [0.1, 0.15) is 5.82 Å². The third-order valence-corrected chi connectivity index (χ3v) is 4.56. The summed E-state index contributed by atoms with van der Waals surface area (Å²) in [6.07, 6.45) is 0. The van der Waals surface area contributed by atoms with Crippen LogP contribution in [0.5, 0.6) is 11.5 Å². The molecule has 0 atom stereocenters. The molecule has 0 saturated carbocycles. The zero-order valence-electron chi connectivity index (χ0n) is 15.0. The highest BCUT2D eigenvalue weighted by Gasteiger charge is 2.13. The van der Waals surface area contributed by atoms with Gasteiger partial charge >= 0.3 is 0 Å². The van der Waals surface area contributed by atoms with Gasteiger partial charge in [0.2, 0.25) is 0 Å². The molecule has 0 radical (unpaired) electrons. The van der Waals surface area contributed by atoms with Crippen molar-refractivity contribution in [2.24, 2.45) is 0 Å². The average molecular weight is 344 g/mol. The molecule has 1 N–H and O–H groups in total. The standard InChI is InChI=1S/C22H20N2O2/c1-14-21(17-9-8-15-6-4-5-7-16(15)12-17)24-22(23-14)18-10-11-19(25-2)20(13-18)26-3/h4-13H,1-3H3,(H,23,24). The van der Waals surface area contributed by atoms with E-state index in [1.807, 2.05) is 25.1 Å². The Labute approximate surface area is 152 Å². The number of aromatic nitrogens is 2. The van der Waals surface area contributed by atoms with Crippen LogP contribution < -0.4 is 9.47 Å². The second-order valence-electron chi connectivity index (χ2n) is 6.19. The van der Waals surface area contributed by atoms with E-state index < -0.39 is 0 Å². The number of H-pyrrole nitrogens is 1. The molecule has 0 aliphatic rings. The minimum absolute atomic E-state index is 0.686. The fourth-order valence-corrected chi connectivity index (χ4v) is 3.20. The van der Waals surface area contributed by atoms with Gasteiger partial charge in [-0.05, 0) is 42.0 Å². The van der Waals surface area contributed by atoms with Gasteiger partial charge in [-0.25, -0.2) is 4.98 Å². The number of methoxy groups -OCH3 is 2. The van der Waals surface area contributed by atoms with Crippen LogP contribution in [-0.4, -0.2) is 24.2 Å². The Hall–Kier alpha value is -3.27. The van der Waals surface area contributed by atoms with E-state index in [1.165, 1.54) is 10.8 Å². The van der Waals surface area contributed by atoms with Crippen LogP contribution in [0.4, 0.5) is 0 Å². The zero-order valence-corrected chi connectivity index (χ0v) is 15.0. The van der Waals surface area contributed by atoms with Crippen LogP contribution in [0.1, 0.15) is 5.69 Å². The van der Waals surface area contributed by atoms with Crippen LogP contribution in [-0.2, 0) is 0 Å². The van der Waals surface area contributed by atoms with Gasteiger partial charge < -0.3 is 14.5 Å². The fraction of sp³-hybridized carbons (Fsp3) is 0.136. The van der Waals surface area contributed by atoms with Gasteiger partial charge in [0.25, 0.3) is 0 Å². The van der Waals surface area contributed by atoms with E-state index in [0.29, 0.717) is 11.5 Å². The van der Waals surface area contributed by atoms with Crippen LogP contribution in [0.25, 0.3) is 33.4 Å². The first kappa shape index (κ1) is 16.2. The summed E-state index contributed by atoms with van der Waals surface area (Å²) in [6.45, 7) is 2.04. The Balaban J connectivity index is 1.77. The molecule has 26 heavy (non-hydrogen) atoms. The smallest absolute Gasteiger partial charge is 0.161 e. The summed E-state index contributed by atoms with van der Waals surface area (Å²) < 4.78 is 10.7. The average Bonchev–Trinajstić information content (AvgIpc) is 3.08. The van der Waals surface area contributed by atoms with E-state index in [4.69, 9.17) is 14.5 Å². The maximum Gasteiger partial charge on any atom is 0.161 e. The van der Waals surface area contributed by atoms with E-state index in [2.05, 4.69) is 47.4 Å². The lowest BCUT2D eigenvalue weighted by atomic mass is 10.0. The molecule has 0 bridgehead atoms. The summed E-state index contributed by atoms with van der Waals surface area (Å²) in [5, 5.41) is 2.43. The summed E-state index contributed by atoms with van der Waals surface area (Å²) in [5.74, 6) is 2.20. The molecule has 4 nitrogen and oxygen atoms in total. The van der Waals surface area contributed by atoms with E-state index in [1.54, 1.807) is 14.2 Å². The number of rotatable bonds is 4. The molecule has 0 saturated heterocycles. The normalized spacial score (nSPS) is 10.9. The Morgan fingerprint density at radius 3 is 2.27 bits per heavy atom. The number of hydrogen-bond donors (Lipinski definition) is 1. The van der Waals surface area contributed by atoms with Crippen LogP contribution in [0.15, 0.2) is 60.7 Å². The number of hydrogen-bond acceptors (Lipinski definition) is 3. The zero-order chi connectivity index (χ0) is 18.1. The van der Waals surface area contributed by atoms with Crippen LogP contribution in [0, 0.1) is 6.92 Å². The van der Waals surface area contributed by atoms with Crippen LogP contribution in [0.3, 0.4) is 0 Å². The van der Waals surface area contributed by atoms with E-state index in [0.717, 1.165) is 28.3 Å². The second-order valence-corrected chi connectivity index (χ2v) is 6.19. The van der Waals surface area contributed by atoms with Crippen molar-refractivity contribution in [1.29, 1.82) is 0 Å². The highest BCUT2D eigenvalue weighted by molar-refractivity contribution is 5.87. The Morgan fingerprint density at radius 1 is 0.769 bits per heavy atom. The summed E-state index contributed by atoms with van der Waals surface area (Å²) in [6, 6.07) is 20.6. The number of aryl methyl sites for hydroxylation is 1. The third kappa shape index (κ3) is 2.80. The molecular weight excluding hydrogens is 324 g/mol. The van der Waals surface area contributed by atoms with Gasteiger partial charge in [-0.15, -0.1) is 0 Å². The molecule has 1 aromatic heterocycles. The molecule has 0 aliphatic heterocycles. The maximum atomic E-state index is 5.40. The molecule has 0 unspecified atom stereocenters. The molecule has 4 rings (SSSR count). The molecule has 0 fully saturated rings. The number of aromatic amines is 1. The van der Waals surface area contributed by atoms with Crippen molar-refractivity contribution >= 4 is 10.8 Å². The molecule has 0 spiro atoms. The SMILES string of the molecule is COc1ccc(-c2nc(-c3ccc4ccccc4c3)c(C)[nH]2)cc1OC. The quantitative estimate of drug-likeness (QED) is 0.552. The Bertz CT molecular complexity index is 1080. The van der Waals surface area contributed by atoms with Gasteiger partial charge in [0.05, 0.1) is 19.9 Å². The first-order valence-corrected chi connectivity index (χ1v) is 8.48. The fourth-order valence-electron chi connectivity index (χ4n) is 3.20. The predicted octanol–water partition coefficient (Wildman–Crippen LogP) is 5.22. The van der Waals surface area contributed by atoms with Crippen molar-refractivity contribution in [2.45, 2.75) is 6.92 Å². The summed E-state index contributed by atoms with van der Waals surface area (Å²) in [4.78, 5) is 8.22. The van der Waals surface area contributed by atoms with Crippen molar-refractivity contribution in [3.05, 3.63) is 66.4 Å². The van der Waals surface area contributed by atoms with Gasteiger partial charge in [-0.2, -0.15) is 0 Å². The second kappa shape index (κ2) is 6.56. The van der Waals surface area contributed by atoms with Gasteiger partial charge in [0.15, 0.2) is 11.5 Å². The lowest BCUT2D eigenvalue weighted by Gasteiger charge is -2.08. The van der Waals surface area contributed by atoms with E-state index in [-0.39, 0.29) is 0 Å². The molecule has 0 amide bonds. The Morgan fingerprint density at radius 2 is 1.50 bits per heavy atom. The summed E-state index contributed by atoms with van der Waals surface area (Å²) in [5.41, 5.74) is 4.05. The molecule has 130 valence electrons. The van der Waals surface area contributed by atoms with Crippen molar-refractivity contribution in [1.82, 2.24) is 9.97 Å². The van der Waals surface area contributed by atoms with Crippen molar-refractivity contribution in [3.63, 3.8) is 0 Å². The largest absolute Gasteiger partial charge is 0.493 e. The number of nitrogens with one attached hydrogen (secondary N) is 1.